The molecule has 0 aromatic heterocycles. The molecule has 0 amide bonds. The van der Waals surface area contributed by atoms with Gasteiger partial charge in [0, 0.05) is 36.8 Å². The lowest BCUT2D eigenvalue weighted by Crippen LogP contribution is -2.43. The van der Waals surface area contributed by atoms with Crippen molar-refractivity contribution in [3.05, 3.63) is 30.3 Å². The number of rotatable bonds is 9. The van der Waals surface area contributed by atoms with Gasteiger partial charge in [-0.2, -0.15) is 0 Å². The average molecular weight is 486 g/mol. The first kappa shape index (κ1) is 23.5. The van der Waals surface area contributed by atoms with Crippen LogP contribution in [-0.4, -0.2) is 52.1 Å². The summed E-state index contributed by atoms with van der Waals surface area (Å²) in [5.41, 5.74) is 0. The van der Waals surface area contributed by atoms with Gasteiger partial charge >= 0.3 is 0 Å². The lowest BCUT2D eigenvalue weighted by Gasteiger charge is -2.16. The zero-order valence-electron chi connectivity index (χ0n) is 14.3. The van der Waals surface area contributed by atoms with Crippen LogP contribution in [0.3, 0.4) is 0 Å². The van der Waals surface area contributed by atoms with Crippen LogP contribution in [0.2, 0.25) is 0 Å². The topological polar surface area (TPSA) is 82.6 Å². The first-order valence-electron chi connectivity index (χ1n) is 7.60. The van der Waals surface area contributed by atoms with E-state index in [1.807, 2.05) is 18.2 Å². The first-order chi connectivity index (χ1) is 11.0. The van der Waals surface area contributed by atoms with E-state index in [9.17, 15) is 8.42 Å². The molecule has 1 aromatic rings. The highest BCUT2D eigenvalue weighted by atomic mass is 127. The third-order valence-electron chi connectivity index (χ3n) is 2.98. The number of guanidine groups is 1. The molecule has 0 aliphatic heterocycles. The molecule has 0 saturated heterocycles. The fourth-order valence-electron chi connectivity index (χ4n) is 1.72. The van der Waals surface area contributed by atoms with Gasteiger partial charge in [-0.15, -0.1) is 35.7 Å². The van der Waals surface area contributed by atoms with Gasteiger partial charge in [-0.1, -0.05) is 25.1 Å². The smallest absolute Gasteiger partial charge is 0.211 e. The summed E-state index contributed by atoms with van der Waals surface area (Å²) < 4.78 is 25.1. The standard InChI is InChI=1S/C15H26N4O2S2.HI/c1-4-23(20,21)19-11-10-17-15(16-3)18-12-13(2)22-14-8-6-5-7-9-14;/h5-9,13,19H,4,10-12H2,1-3H3,(H2,16,17,18);1H. The van der Waals surface area contributed by atoms with Gasteiger partial charge in [0.15, 0.2) is 5.96 Å². The monoisotopic (exact) mass is 486 g/mol. The third kappa shape index (κ3) is 10.4. The van der Waals surface area contributed by atoms with Crippen molar-refractivity contribution in [2.45, 2.75) is 24.0 Å². The van der Waals surface area contributed by atoms with Gasteiger partial charge in [0.05, 0.1) is 5.75 Å². The van der Waals surface area contributed by atoms with Gasteiger partial charge in [-0.25, -0.2) is 13.1 Å². The van der Waals surface area contributed by atoms with E-state index in [1.54, 1.807) is 25.7 Å². The largest absolute Gasteiger partial charge is 0.355 e. The highest BCUT2D eigenvalue weighted by Crippen LogP contribution is 2.21. The van der Waals surface area contributed by atoms with Crippen LogP contribution in [0.25, 0.3) is 0 Å². The molecule has 9 heteroatoms. The number of benzene rings is 1. The Kier molecular flexibility index (Phi) is 12.5. The number of hydrogen-bond donors (Lipinski definition) is 3. The van der Waals surface area contributed by atoms with Crippen LogP contribution in [0.1, 0.15) is 13.8 Å². The Bertz CT molecular complexity index is 582. The molecule has 138 valence electrons. The molecule has 1 unspecified atom stereocenters. The van der Waals surface area contributed by atoms with E-state index >= 15 is 0 Å². The van der Waals surface area contributed by atoms with E-state index < -0.39 is 10.0 Å². The average Bonchev–Trinajstić information content (AvgIpc) is 2.55. The Hall–Kier alpha value is -0.520. The van der Waals surface area contributed by atoms with E-state index in [2.05, 4.69) is 39.4 Å². The minimum Gasteiger partial charge on any atom is -0.355 e. The lowest BCUT2D eigenvalue weighted by molar-refractivity contribution is 0.582. The van der Waals surface area contributed by atoms with Crippen LogP contribution in [0.15, 0.2) is 40.2 Å². The van der Waals surface area contributed by atoms with Gasteiger partial charge in [-0.3, -0.25) is 4.99 Å². The predicted octanol–water partition coefficient (Wildman–Crippen LogP) is 1.89. The summed E-state index contributed by atoms with van der Waals surface area (Å²) in [6, 6.07) is 10.2. The van der Waals surface area contributed by atoms with Crippen molar-refractivity contribution < 1.29 is 8.42 Å². The molecule has 0 heterocycles. The minimum absolute atomic E-state index is 0. The fourth-order valence-corrected chi connectivity index (χ4v) is 3.29. The van der Waals surface area contributed by atoms with Crippen LogP contribution in [0, 0.1) is 0 Å². The van der Waals surface area contributed by atoms with Crippen LogP contribution in [0.4, 0.5) is 0 Å². The van der Waals surface area contributed by atoms with Crippen molar-refractivity contribution in [3.63, 3.8) is 0 Å². The zero-order chi connectivity index (χ0) is 17.1. The fraction of sp³-hybridized carbons (Fsp3) is 0.533. The number of halogens is 1. The van der Waals surface area contributed by atoms with Gasteiger partial charge in [0.2, 0.25) is 10.0 Å². The minimum atomic E-state index is -3.14. The number of aliphatic imine (C=N–C) groups is 1. The first-order valence-corrected chi connectivity index (χ1v) is 10.1. The van der Waals surface area contributed by atoms with Crippen molar-refractivity contribution in [3.8, 4) is 0 Å². The summed E-state index contributed by atoms with van der Waals surface area (Å²) in [7, 11) is -1.44. The van der Waals surface area contributed by atoms with Gasteiger partial charge in [0.1, 0.15) is 0 Å². The summed E-state index contributed by atoms with van der Waals surface area (Å²) >= 11 is 1.79. The Balaban J connectivity index is 0.00000529. The van der Waals surface area contributed by atoms with Gasteiger partial charge in [0.25, 0.3) is 0 Å². The third-order valence-corrected chi connectivity index (χ3v) is 5.50. The number of hydrogen-bond acceptors (Lipinski definition) is 4. The SMILES string of the molecule is CCS(=O)(=O)NCCNC(=NC)NCC(C)Sc1ccccc1.I. The molecule has 0 aliphatic rings. The van der Waals surface area contributed by atoms with Crippen molar-refractivity contribution in [1.29, 1.82) is 0 Å². The van der Waals surface area contributed by atoms with Gasteiger partial charge < -0.3 is 10.6 Å². The number of nitrogens with one attached hydrogen (secondary N) is 3. The maximum absolute atomic E-state index is 11.3. The number of sulfonamides is 1. The summed E-state index contributed by atoms with van der Waals surface area (Å²) in [6.45, 7) is 5.35. The second kappa shape index (κ2) is 12.8. The maximum atomic E-state index is 11.3. The molecule has 3 N–H and O–H groups in total. The van der Waals surface area contributed by atoms with E-state index in [-0.39, 0.29) is 29.7 Å². The summed E-state index contributed by atoms with van der Waals surface area (Å²) in [5.74, 6) is 0.759. The Labute approximate surface area is 166 Å². The van der Waals surface area contributed by atoms with Crippen LogP contribution < -0.4 is 15.4 Å². The van der Waals surface area contributed by atoms with Crippen molar-refractivity contribution in [2.75, 3.05) is 32.4 Å². The lowest BCUT2D eigenvalue weighted by atomic mass is 10.4. The quantitative estimate of drug-likeness (QED) is 0.163. The van der Waals surface area contributed by atoms with Crippen LogP contribution in [0.5, 0.6) is 0 Å². The van der Waals surface area contributed by atoms with E-state index in [1.165, 1.54) is 4.90 Å². The molecule has 1 rings (SSSR count). The number of thioether (sulfide) groups is 1. The molecule has 0 bridgehead atoms. The number of nitrogens with zero attached hydrogens (tertiary/aromatic N) is 1. The molecule has 6 nitrogen and oxygen atoms in total. The Morgan fingerprint density at radius 3 is 2.46 bits per heavy atom. The normalized spacial score (nSPS) is 13.0. The van der Waals surface area contributed by atoms with Crippen LogP contribution in [-0.2, 0) is 10.0 Å². The highest BCUT2D eigenvalue weighted by Gasteiger charge is 2.07. The molecule has 0 saturated carbocycles. The van der Waals surface area contributed by atoms with Crippen molar-refractivity contribution in [1.82, 2.24) is 15.4 Å². The Morgan fingerprint density at radius 2 is 1.88 bits per heavy atom. The summed E-state index contributed by atoms with van der Waals surface area (Å²) in [4.78, 5) is 5.36. The van der Waals surface area contributed by atoms with Crippen LogP contribution >= 0.6 is 35.7 Å². The van der Waals surface area contributed by atoms with E-state index in [0.29, 0.717) is 24.3 Å². The molecule has 0 aliphatic carbocycles. The molecule has 0 radical (unpaired) electrons. The second-order valence-corrected chi connectivity index (χ2v) is 8.53. The molecular weight excluding hydrogens is 459 g/mol. The predicted molar refractivity (Wildman–Crippen MR) is 114 cm³/mol. The zero-order valence-corrected chi connectivity index (χ0v) is 18.2. The van der Waals surface area contributed by atoms with Crippen molar-refractivity contribution in [2.24, 2.45) is 4.99 Å². The van der Waals surface area contributed by atoms with Gasteiger partial charge in [-0.05, 0) is 19.1 Å². The highest BCUT2D eigenvalue weighted by molar-refractivity contribution is 14.0. The molecule has 0 fully saturated rings. The molecule has 0 spiro atoms. The summed E-state index contributed by atoms with van der Waals surface area (Å²) in [5, 5.41) is 6.71. The summed E-state index contributed by atoms with van der Waals surface area (Å²) in [6.07, 6.45) is 0. The molecule has 24 heavy (non-hydrogen) atoms. The van der Waals surface area contributed by atoms with Crippen molar-refractivity contribution >= 4 is 51.7 Å². The molecule has 1 aromatic carbocycles. The Morgan fingerprint density at radius 1 is 1.21 bits per heavy atom. The van der Waals surface area contributed by atoms with E-state index in [0.717, 1.165) is 6.54 Å². The second-order valence-electron chi connectivity index (χ2n) is 4.92. The maximum Gasteiger partial charge on any atom is 0.211 e. The molecule has 1 atom stereocenters. The van der Waals surface area contributed by atoms with E-state index in [4.69, 9.17) is 0 Å². The molecular formula is C15H27IN4O2S2.